The highest BCUT2D eigenvalue weighted by atomic mass is 35.5. The molecule has 1 fully saturated rings. The summed E-state index contributed by atoms with van der Waals surface area (Å²) in [5.74, 6) is 1.75. The molecule has 0 amide bonds. The molecule has 0 spiro atoms. The van der Waals surface area contributed by atoms with Gasteiger partial charge in [-0.3, -0.25) is 0 Å². The van der Waals surface area contributed by atoms with Crippen molar-refractivity contribution in [3.8, 4) is 0 Å². The maximum absolute atomic E-state index is 6.17. The highest BCUT2D eigenvalue weighted by molar-refractivity contribution is 7.17. The summed E-state index contributed by atoms with van der Waals surface area (Å²) in [6, 6.07) is 4.20. The molecule has 0 saturated heterocycles. The van der Waals surface area contributed by atoms with Crippen molar-refractivity contribution in [3.05, 3.63) is 23.7 Å². The van der Waals surface area contributed by atoms with Crippen LogP contribution in [0.4, 0.5) is 5.82 Å². The summed E-state index contributed by atoms with van der Waals surface area (Å²) >= 11 is 7.93. The van der Waals surface area contributed by atoms with Crippen LogP contribution in [0.3, 0.4) is 0 Å². The molecule has 2 heterocycles. The van der Waals surface area contributed by atoms with Crippen LogP contribution in [0.15, 0.2) is 23.7 Å². The fraction of sp³-hybridized carbons (Fsp3) is 0.500. The van der Waals surface area contributed by atoms with E-state index in [9.17, 15) is 0 Å². The molecule has 0 aromatic carbocycles. The van der Waals surface area contributed by atoms with Gasteiger partial charge in [-0.2, -0.15) is 0 Å². The summed E-state index contributed by atoms with van der Waals surface area (Å²) in [7, 11) is 0. The molecule has 18 heavy (non-hydrogen) atoms. The number of pyridine rings is 1. The van der Waals surface area contributed by atoms with Crippen molar-refractivity contribution in [1.82, 2.24) is 4.98 Å². The fourth-order valence-electron chi connectivity index (χ4n) is 2.79. The second-order valence-electron chi connectivity index (χ2n) is 5.19. The second-order valence-corrected chi connectivity index (χ2v) is 6.40. The molecule has 96 valence electrons. The standard InChI is InChI=1S/C14H17ClN2S/c15-9-14(5-1-2-6-14)10-17-13-11-4-8-18-12(11)3-7-16-13/h3-4,7-8H,1-2,5-6,9-10H2,(H,16,17). The smallest absolute Gasteiger partial charge is 0.134 e. The summed E-state index contributed by atoms with van der Waals surface area (Å²) in [5.41, 5.74) is 0.279. The van der Waals surface area contributed by atoms with Crippen molar-refractivity contribution < 1.29 is 0 Å². The van der Waals surface area contributed by atoms with Crippen LogP contribution in [-0.4, -0.2) is 17.4 Å². The molecule has 1 saturated carbocycles. The normalized spacial score (nSPS) is 18.3. The molecular formula is C14H17ClN2S. The number of hydrogen-bond acceptors (Lipinski definition) is 3. The van der Waals surface area contributed by atoms with E-state index in [4.69, 9.17) is 11.6 Å². The third-order valence-electron chi connectivity index (χ3n) is 3.96. The van der Waals surface area contributed by atoms with Gasteiger partial charge >= 0.3 is 0 Å². The topological polar surface area (TPSA) is 24.9 Å². The number of nitrogens with zero attached hydrogens (tertiary/aromatic N) is 1. The number of thiophene rings is 1. The Kier molecular flexibility index (Phi) is 3.44. The maximum atomic E-state index is 6.17. The average Bonchev–Trinajstić information content (AvgIpc) is 3.06. The van der Waals surface area contributed by atoms with Crippen LogP contribution in [0.1, 0.15) is 25.7 Å². The fourth-order valence-corrected chi connectivity index (χ4v) is 3.93. The Morgan fingerprint density at radius 1 is 1.33 bits per heavy atom. The molecule has 4 heteroatoms. The van der Waals surface area contributed by atoms with Crippen molar-refractivity contribution in [1.29, 1.82) is 0 Å². The van der Waals surface area contributed by atoms with Gasteiger partial charge in [-0.25, -0.2) is 4.98 Å². The predicted molar refractivity (Wildman–Crippen MR) is 79.7 cm³/mol. The van der Waals surface area contributed by atoms with Gasteiger partial charge in [0.15, 0.2) is 0 Å². The van der Waals surface area contributed by atoms with E-state index in [0.717, 1.165) is 18.2 Å². The SMILES string of the molecule is ClCC1(CNc2nccc3sccc23)CCCC1. The lowest BCUT2D eigenvalue weighted by molar-refractivity contribution is 0.368. The van der Waals surface area contributed by atoms with E-state index in [1.54, 1.807) is 11.3 Å². The molecule has 2 aromatic rings. The van der Waals surface area contributed by atoms with E-state index < -0.39 is 0 Å². The Balaban J connectivity index is 1.78. The first-order chi connectivity index (χ1) is 8.83. The number of alkyl halides is 1. The number of anilines is 1. The monoisotopic (exact) mass is 280 g/mol. The Hall–Kier alpha value is -0.800. The number of nitrogens with one attached hydrogen (secondary N) is 1. The van der Waals surface area contributed by atoms with Gasteiger partial charge in [0.1, 0.15) is 5.82 Å². The van der Waals surface area contributed by atoms with Crippen molar-refractivity contribution in [2.24, 2.45) is 5.41 Å². The highest BCUT2D eigenvalue weighted by Crippen LogP contribution is 2.39. The van der Waals surface area contributed by atoms with Crippen LogP contribution in [0.5, 0.6) is 0 Å². The molecule has 3 rings (SSSR count). The van der Waals surface area contributed by atoms with Crippen LogP contribution >= 0.6 is 22.9 Å². The van der Waals surface area contributed by atoms with Gasteiger partial charge in [-0.05, 0) is 30.4 Å². The first kappa shape index (κ1) is 12.2. The summed E-state index contributed by atoms with van der Waals surface area (Å²) < 4.78 is 1.29. The van der Waals surface area contributed by atoms with E-state index >= 15 is 0 Å². The second kappa shape index (κ2) is 5.06. The number of rotatable bonds is 4. The lowest BCUT2D eigenvalue weighted by Gasteiger charge is -2.26. The van der Waals surface area contributed by atoms with Crippen molar-refractivity contribution in [2.45, 2.75) is 25.7 Å². The Bertz CT molecular complexity index is 531. The third kappa shape index (κ3) is 2.21. The van der Waals surface area contributed by atoms with E-state index in [1.165, 1.54) is 35.8 Å². The van der Waals surface area contributed by atoms with Gasteiger partial charge in [-0.15, -0.1) is 22.9 Å². The molecule has 1 aliphatic rings. The minimum absolute atomic E-state index is 0.279. The number of aromatic nitrogens is 1. The zero-order valence-corrected chi connectivity index (χ0v) is 11.9. The zero-order chi connectivity index (χ0) is 12.4. The molecule has 1 aliphatic carbocycles. The van der Waals surface area contributed by atoms with E-state index in [0.29, 0.717) is 0 Å². The first-order valence-electron chi connectivity index (χ1n) is 6.45. The quantitative estimate of drug-likeness (QED) is 0.834. The number of halogens is 1. The van der Waals surface area contributed by atoms with Gasteiger partial charge in [0, 0.05) is 34.1 Å². The van der Waals surface area contributed by atoms with Crippen LogP contribution < -0.4 is 5.32 Å². The minimum atomic E-state index is 0.279. The minimum Gasteiger partial charge on any atom is -0.369 e. The van der Waals surface area contributed by atoms with E-state index in [2.05, 4.69) is 27.8 Å². The van der Waals surface area contributed by atoms with Gasteiger partial charge in [0.05, 0.1) is 0 Å². The number of hydrogen-bond donors (Lipinski definition) is 1. The van der Waals surface area contributed by atoms with Crippen LogP contribution in [0, 0.1) is 5.41 Å². The molecule has 0 unspecified atom stereocenters. The molecule has 0 atom stereocenters. The van der Waals surface area contributed by atoms with Crippen molar-refractivity contribution in [3.63, 3.8) is 0 Å². The molecule has 0 radical (unpaired) electrons. The summed E-state index contributed by atoms with van der Waals surface area (Å²) in [4.78, 5) is 4.46. The van der Waals surface area contributed by atoms with Crippen molar-refractivity contribution >= 4 is 38.8 Å². The Morgan fingerprint density at radius 3 is 2.94 bits per heavy atom. The van der Waals surface area contributed by atoms with Gasteiger partial charge in [0.25, 0.3) is 0 Å². The van der Waals surface area contributed by atoms with Gasteiger partial charge < -0.3 is 5.32 Å². The number of fused-ring (bicyclic) bond motifs is 1. The van der Waals surface area contributed by atoms with E-state index in [-0.39, 0.29) is 5.41 Å². The first-order valence-corrected chi connectivity index (χ1v) is 7.86. The van der Waals surface area contributed by atoms with Crippen LogP contribution in [0.25, 0.3) is 10.1 Å². The largest absolute Gasteiger partial charge is 0.369 e. The maximum Gasteiger partial charge on any atom is 0.134 e. The summed E-state index contributed by atoms with van der Waals surface area (Å²) in [5, 5.41) is 6.86. The summed E-state index contributed by atoms with van der Waals surface area (Å²) in [6.07, 6.45) is 6.98. The summed E-state index contributed by atoms with van der Waals surface area (Å²) in [6.45, 7) is 0.943. The van der Waals surface area contributed by atoms with Crippen LogP contribution in [0.2, 0.25) is 0 Å². The van der Waals surface area contributed by atoms with Gasteiger partial charge in [-0.1, -0.05) is 12.8 Å². The molecule has 0 aliphatic heterocycles. The molecule has 2 nitrogen and oxygen atoms in total. The highest BCUT2D eigenvalue weighted by Gasteiger charge is 2.32. The lowest BCUT2D eigenvalue weighted by Crippen LogP contribution is -2.28. The zero-order valence-electron chi connectivity index (χ0n) is 10.3. The average molecular weight is 281 g/mol. The Labute approximate surface area is 116 Å². The lowest BCUT2D eigenvalue weighted by atomic mass is 9.88. The molecule has 2 aromatic heterocycles. The van der Waals surface area contributed by atoms with Crippen LogP contribution in [-0.2, 0) is 0 Å². The predicted octanol–water partition coefficient (Wildman–Crippen LogP) is 4.51. The van der Waals surface area contributed by atoms with Crippen molar-refractivity contribution in [2.75, 3.05) is 17.7 Å². The third-order valence-corrected chi connectivity index (χ3v) is 5.41. The Morgan fingerprint density at radius 2 is 2.17 bits per heavy atom. The molecule has 0 bridgehead atoms. The van der Waals surface area contributed by atoms with E-state index in [1.807, 2.05) is 6.20 Å². The molecular weight excluding hydrogens is 264 g/mol. The molecule has 1 N–H and O–H groups in total. The van der Waals surface area contributed by atoms with Gasteiger partial charge in [0.2, 0.25) is 0 Å².